The SMILES string of the molecule is CC(CC(C)(N)C(=O)O)N1CCC(C(F)(F)F)CC1. The Morgan fingerprint density at radius 3 is 2.26 bits per heavy atom. The van der Waals surface area contributed by atoms with Gasteiger partial charge in [-0.25, -0.2) is 0 Å². The summed E-state index contributed by atoms with van der Waals surface area (Å²) in [4.78, 5) is 12.8. The normalized spacial score (nSPS) is 23.9. The number of rotatable bonds is 4. The van der Waals surface area contributed by atoms with Crippen LogP contribution in [0.2, 0.25) is 0 Å². The highest BCUT2D eigenvalue weighted by molar-refractivity contribution is 5.77. The van der Waals surface area contributed by atoms with Gasteiger partial charge in [0, 0.05) is 6.04 Å². The summed E-state index contributed by atoms with van der Waals surface area (Å²) in [6.45, 7) is 3.90. The third kappa shape index (κ3) is 4.35. The number of hydrogen-bond acceptors (Lipinski definition) is 3. The van der Waals surface area contributed by atoms with Crippen LogP contribution in [0.5, 0.6) is 0 Å². The van der Waals surface area contributed by atoms with Crippen molar-refractivity contribution >= 4 is 5.97 Å². The van der Waals surface area contributed by atoms with Crippen LogP contribution >= 0.6 is 0 Å². The first kappa shape index (κ1) is 16.2. The fourth-order valence-electron chi connectivity index (χ4n) is 2.50. The van der Waals surface area contributed by atoms with Crippen molar-refractivity contribution in [3.63, 3.8) is 0 Å². The van der Waals surface area contributed by atoms with Gasteiger partial charge in [0.15, 0.2) is 0 Å². The van der Waals surface area contributed by atoms with E-state index in [-0.39, 0.29) is 25.3 Å². The standard InChI is InChI=1S/C12H21F3N2O2/c1-8(7-11(2,16)10(18)19)17-5-3-9(4-6-17)12(13,14)15/h8-9H,3-7,16H2,1-2H3,(H,18,19). The highest BCUT2D eigenvalue weighted by Crippen LogP contribution is 2.34. The Bertz CT molecular complexity index is 323. The van der Waals surface area contributed by atoms with E-state index < -0.39 is 23.6 Å². The maximum Gasteiger partial charge on any atom is 0.391 e. The second-order valence-corrected chi connectivity index (χ2v) is 5.63. The third-order valence-electron chi connectivity index (χ3n) is 3.82. The minimum atomic E-state index is -4.13. The molecule has 112 valence electrons. The van der Waals surface area contributed by atoms with Crippen molar-refractivity contribution in [3.8, 4) is 0 Å². The van der Waals surface area contributed by atoms with Crippen molar-refractivity contribution in [2.75, 3.05) is 13.1 Å². The largest absolute Gasteiger partial charge is 0.480 e. The molecule has 0 saturated carbocycles. The molecule has 2 atom stereocenters. The quantitative estimate of drug-likeness (QED) is 0.825. The Morgan fingerprint density at radius 1 is 1.42 bits per heavy atom. The lowest BCUT2D eigenvalue weighted by Crippen LogP contribution is -2.52. The van der Waals surface area contributed by atoms with E-state index in [1.807, 2.05) is 11.8 Å². The van der Waals surface area contributed by atoms with E-state index in [4.69, 9.17) is 10.8 Å². The Hall–Kier alpha value is -0.820. The highest BCUT2D eigenvalue weighted by Gasteiger charge is 2.42. The molecule has 1 aliphatic heterocycles. The number of aliphatic carboxylic acids is 1. The fourth-order valence-corrected chi connectivity index (χ4v) is 2.50. The molecule has 19 heavy (non-hydrogen) atoms. The van der Waals surface area contributed by atoms with Crippen LogP contribution in [-0.2, 0) is 4.79 Å². The number of halogens is 3. The Kier molecular flexibility index (Phi) is 4.84. The molecule has 1 aliphatic rings. The molecule has 0 aromatic heterocycles. The molecule has 1 rings (SSSR count). The van der Waals surface area contributed by atoms with Gasteiger partial charge in [-0.15, -0.1) is 0 Å². The molecule has 0 aliphatic carbocycles. The van der Waals surface area contributed by atoms with Gasteiger partial charge in [-0.2, -0.15) is 13.2 Å². The van der Waals surface area contributed by atoms with Crippen LogP contribution in [-0.4, -0.2) is 46.8 Å². The van der Waals surface area contributed by atoms with E-state index in [0.717, 1.165) is 0 Å². The van der Waals surface area contributed by atoms with Crippen LogP contribution in [0, 0.1) is 5.92 Å². The fraction of sp³-hybridized carbons (Fsp3) is 0.917. The van der Waals surface area contributed by atoms with Gasteiger partial charge in [-0.05, 0) is 46.2 Å². The maximum atomic E-state index is 12.5. The summed E-state index contributed by atoms with van der Waals surface area (Å²) >= 11 is 0. The first-order valence-corrected chi connectivity index (χ1v) is 6.37. The first-order valence-electron chi connectivity index (χ1n) is 6.37. The molecule has 0 aromatic rings. The van der Waals surface area contributed by atoms with Gasteiger partial charge in [0.1, 0.15) is 5.54 Å². The number of piperidine rings is 1. The number of carboxylic acid groups (broad SMARTS) is 1. The summed E-state index contributed by atoms with van der Waals surface area (Å²) in [5, 5.41) is 8.94. The summed E-state index contributed by atoms with van der Waals surface area (Å²) < 4.78 is 37.6. The van der Waals surface area contributed by atoms with Crippen molar-refractivity contribution in [1.82, 2.24) is 4.90 Å². The second-order valence-electron chi connectivity index (χ2n) is 5.63. The topological polar surface area (TPSA) is 66.6 Å². The summed E-state index contributed by atoms with van der Waals surface area (Å²) in [5.41, 5.74) is 4.31. The number of carbonyl (C=O) groups is 1. The van der Waals surface area contributed by atoms with Gasteiger partial charge in [-0.3, -0.25) is 4.79 Å². The van der Waals surface area contributed by atoms with Crippen LogP contribution in [0.4, 0.5) is 13.2 Å². The molecule has 0 bridgehead atoms. The monoisotopic (exact) mass is 282 g/mol. The van der Waals surface area contributed by atoms with Crippen molar-refractivity contribution in [1.29, 1.82) is 0 Å². The van der Waals surface area contributed by atoms with Gasteiger partial charge in [0.25, 0.3) is 0 Å². The molecule has 0 spiro atoms. The number of nitrogens with two attached hydrogens (primary N) is 1. The van der Waals surface area contributed by atoms with Gasteiger partial charge >= 0.3 is 12.1 Å². The molecule has 7 heteroatoms. The lowest BCUT2D eigenvalue weighted by atomic mass is 9.91. The molecule has 0 radical (unpaired) electrons. The molecule has 2 unspecified atom stereocenters. The lowest BCUT2D eigenvalue weighted by molar-refractivity contribution is -0.186. The van der Waals surface area contributed by atoms with Crippen LogP contribution in [0.3, 0.4) is 0 Å². The maximum absolute atomic E-state index is 12.5. The second kappa shape index (κ2) is 5.66. The predicted octanol–water partition coefficient (Wildman–Crippen LogP) is 1.84. The number of hydrogen-bond donors (Lipinski definition) is 2. The minimum Gasteiger partial charge on any atom is -0.480 e. The van der Waals surface area contributed by atoms with Crippen molar-refractivity contribution in [2.45, 2.75) is 50.9 Å². The van der Waals surface area contributed by atoms with E-state index in [1.165, 1.54) is 6.92 Å². The van der Waals surface area contributed by atoms with Crippen LogP contribution in [0.15, 0.2) is 0 Å². The molecular formula is C12H21F3N2O2. The predicted molar refractivity (Wildman–Crippen MR) is 64.7 cm³/mol. The number of likely N-dealkylation sites (tertiary alicyclic amines) is 1. The van der Waals surface area contributed by atoms with Crippen LogP contribution < -0.4 is 5.73 Å². The van der Waals surface area contributed by atoms with E-state index in [0.29, 0.717) is 13.1 Å². The summed E-state index contributed by atoms with van der Waals surface area (Å²) in [6, 6.07) is -0.139. The van der Waals surface area contributed by atoms with Gasteiger partial charge in [0.05, 0.1) is 5.92 Å². The molecular weight excluding hydrogens is 261 g/mol. The molecule has 1 heterocycles. The minimum absolute atomic E-state index is 0.0716. The van der Waals surface area contributed by atoms with Gasteiger partial charge < -0.3 is 15.7 Å². The van der Waals surface area contributed by atoms with Gasteiger partial charge in [-0.1, -0.05) is 0 Å². The van der Waals surface area contributed by atoms with Crippen LogP contribution in [0.25, 0.3) is 0 Å². The Morgan fingerprint density at radius 2 is 1.89 bits per heavy atom. The summed E-state index contributed by atoms with van der Waals surface area (Å²) in [7, 11) is 0. The molecule has 4 nitrogen and oxygen atoms in total. The zero-order valence-electron chi connectivity index (χ0n) is 11.2. The number of alkyl halides is 3. The summed E-state index contributed by atoms with van der Waals surface area (Å²) in [5.74, 6) is -2.33. The molecule has 0 amide bonds. The average Bonchev–Trinajstić information content (AvgIpc) is 2.27. The van der Waals surface area contributed by atoms with E-state index in [1.54, 1.807) is 0 Å². The van der Waals surface area contributed by atoms with E-state index in [2.05, 4.69) is 0 Å². The zero-order valence-corrected chi connectivity index (χ0v) is 11.2. The molecule has 0 aromatic carbocycles. The van der Waals surface area contributed by atoms with Crippen LogP contribution in [0.1, 0.15) is 33.1 Å². The Balaban J connectivity index is 2.50. The van der Waals surface area contributed by atoms with Crippen molar-refractivity contribution < 1.29 is 23.1 Å². The smallest absolute Gasteiger partial charge is 0.391 e. The zero-order chi connectivity index (χ0) is 14.8. The summed E-state index contributed by atoms with van der Waals surface area (Å²) in [6.07, 6.45) is -3.76. The first-order chi connectivity index (χ1) is 8.54. The average molecular weight is 282 g/mol. The van der Waals surface area contributed by atoms with Gasteiger partial charge in [0.2, 0.25) is 0 Å². The molecule has 1 saturated heterocycles. The molecule has 3 N–H and O–H groups in total. The third-order valence-corrected chi connectivity index (χ3v) is 3.82. The highest BCUT2D eigenvalue weighted by atomic mass is 19.4. The van der Waals surface area contributed by atoms with E-state index in [9.17, 15) is 18.0 Å². The lowest BCUT2D eigenvalue weighted by Gasteiger charge is -2.38. The van der Waals surface area contributed by atoms with Crippen molar-refractivity contribution in [3.05, 3.63) is 0 Å². The molecule has 1 fully saturated rings. The van der Waals surface area contributed by atoms with E-state index >= 15 is 0 Å². The Labute approximate surface area is 110 Å². The van der Waals surface area contributed by atoms with Crippen molar-refractivity contribution in [2.24, 2.45) is 11.7 Å². The number of nitrogens with zero attached hydrogens (tertiary/aromatic N) is 1. The number of carboxylic acids is 1.